The van der Waals surface area contributed by atoms with E-state index in [0.717, 1.165) is 6.92 Å². The Labute approximate surface area is 131 Å². The molecule has 5 atom stereocenters. The second-order valence-corrected chi connectivity index (χ2v) is 6.63. The average molecular weight is 381 g/mol. The largest absolute Gasteiger partial charge is 0.399 e. The van der Waals surface area contributed by atoms with E-state index < -0.39 is 64.0 Å². The summed E-state index contributed by atoms with van der Waals surface area (Å²) in [6.07, 6.45) is -7.37. The number of carbonyl (C=O) groups is 1. The van der Waals surface area contributed by atoms with Gasteiger partial charge in [-0.15, -0.1) is 0 Å². The number of amides is 1. The van der Waals surface area contributed by atoms with Gasteiger partial charge in [-0.2, -0.15) is 16.8 Å². The van der Waals surface area contributed by atoms with E-state index in [1.54, 1.807) is 0 Å². The van der Waals surface area contributed by atoms with E-state index in [-0.39, 0.29) is 0 Å². The monoisotopic (exact) mass is 381 g/mol. The Morgan fingerprint density at radius 1 is 1.13 bits per heavy atom. The molecule has 15 heteroatoms. The highest BCUT2D eigenvalue weighted by Gasteiger charge is 2.47. The minimum atomic E-state index is -5.08. The van der Waals surface area contributed by atoms with Crippen LogP contribution in [0.2, 0.25) is 0 Å². The molecule has 1 saturated heterocycles. The third-order valence-electron chi connectivity index (χ3n) is 2.67. The highest BCUT2D eigenvalue weighted by atomic mass is 32.3. The highest BCUT2D eigenvalue weighted by molar-refractivity contribution is 7.81. The molecule has 1 amide bonds. The zero-order chi connectivity index (χ0) is 18.0. The van der Waals surface area contributed by atoms with Crippen molar-refractivity contribution >= 4 is 26.7 Å². The molecule has 0 saturated carbocycles. The van der Waals surface area contributed by atoms with Crippen molar-refractivity contribution in [2.75, 3.05) is 6.61 Å². The first-order valence-electron chi connectivity index (χ1n) is 5.86. The van der Waals surface area contributed by atoms with E-state index in [1.807, 2.05) is 5.32 Å². The topological polar surface area (TPSA) is 206 Å². The summed E-state index contributed by atoms with van der Waals surface area (Å²) < 4.78 is 72.6. The molecular weight excluding hydrogens is 366 g/mol. The number of aliphatic hydroxyl groups excluding tert-OH is 2. The smallest absolute Gasteiger partial charge is 0.388 e. The number of nitrogens with one attached hydrogen (secondary N) is 1. The molecule has 0 bridgehead atoms. The molecule has 136 valence electrons. The van der Waals surface area contributed by atoms with Gasteiger partial charge < -0.3 is 20.3 Å². The maximum Gasteiger partial charge on any atom is 0.399 e. The summed E-state index contributed by atoms with van der Waals surface area (Å²) in [5.74, 6) is -0.749. The fraction of sp³-hybridized carbons (Fsp3) is 0.875. The summed E-state index contributed by atoms with van der Waals surface area (Å²) in [5, 5.41) is 21.7. The van der Waals surface area contributed by atoms with Gasteiger partial charge in [0.2, 0.25) is 12.2 Å². The molecule has 1 rings (SSSR count). The van der Waals surface area contributed by atoms with Gasteiger partial charge >= 0.3 is 20.8 Å². The number of ether oxygens (including phenoxy) is 1. The Bertz CT molecular complexity index is 629. The Balaban J connectivity index is 2.98. The Morgan fingerprint density at radius 2 is 1.70 bits per heavy atom. The van der Waals surface area contributed by atoms with Crippen molar-refractivity contribution in [3.8, 4) is 0 Å². The van der Waals surface area contributed by atoms with E-state index in [0.29, 0.717) is 0 Å². The van der Waals surface area contributed by atoms with Crippen LogP contribution in [-0.4, -0.2) is 79.3 Å². The minimum Gasteiger partial charge on any atom is -0.388 e. The van der Waals surface area contributed by atoms with Crippen LogP contribution in [0.25, 0.3) is 0 Å². The first-order chi connectivity index (χ1) is 10.3. The minimum absolute atomic E-state index is 0.749. The van der Waals surface area contributed by atoms with Crippen LogP contribution in [0.1, 0.15) is 6.92 Å². The van der Waals surface area contributed by atoms with Crippen molar-refractivity contribution in [3.63, 3.8) is 0 Å². The highest BCUT2D eigenvalue weighted by Crippen LogP contribution is 2.24. The Hall–Kier alpha value is -0.910. The summed E-state index contributed by atoms with van der Waals surface area (Å²) in [6.45, 7) is 0.00628. The van der Waals surface area contributed by atoms with Crippen molar-refractivity contribution < 1.29 is 54.1 Å². The molecule has 23 heavy (non-hydrogen) atoms. The number of hydrogen-bond donors (Lipinski definition) is 5. The molecule has 0 aliphatic carbocycles. The summed E-state index contributed by atoms with van der Waals surface area (Å²) in [7, 11) is -9.98. The second-order valence-electron chi connectivity index (χ2n) is 4.49. The standard InChI is InChI=1S/C8H15NO12S2/c1-3(10)9-5-7(12)6(11)4(2-19-22(13,14)15)20-8(5)21-23(16,17)18/h4-8,11-12H,2H2,1H3,(H,9,10)(H,13,14,15)(H,16,17,18)/t4-,5-,6+,7-,8?/m1/s1. The molecule has 13 nitrogen and oxygen atoms in total. The summed E-state index contributed by atoms with van der Waals surface area (Å²) in [6, 6.07) is -1.61. The van der Waals surface area contributed by atoms with Crippen molar-refractivity contribution in [3.05, 3.63) is 0 Å². The third kappa shape index (κ3) is 6.61. The average Bonchev–Trinajstić information content (AvgIpc) is 2.33. The lowest BCUT2D eigenvalue weighted by Gasteiger charge is -2.41. The summed E-state index contributed by atoms with van der Waals surface area (Å²) >= 11 is 0. The lowest BCUT2D eigenvalue weighted by Crippen LogP contribution is -2.65. The fourth-order valence-corrected chi connectivity index (χ4v) is 2.52. The summed E-state index contributed by atoms with van der Waals surface area (Å²) in [4.78, 5) is 11.1. The van der Waals surface area contributed by atoms with Gasteiger partial charge in [0.1, 0.15) is 24.4 Å². The predicted octanol–water partition coefficient (Wildman–Crippen LogP) is -3.42. The molecule has 1 fully saturated rings. The van der Waals surface area contributed by atoms with Gasteiger partial charge in [-0.25, -0.2) is 8.37 Å². The van der Waals surface area contributed by atoms with Crippen LogP contribution < -0.4 is 5.32 Å². The predicted molar refractivity (Wildman–Crippen MR) is 68.4 cm³/mol. The molecule has 0 radical (unpaired) electrons. The fourth-order valence-electron chi connectivity index (χ4n) is 1.81. The molecule has 0 aromatic rings. The van der Waals surface area contributed by atoms with Crippen LogP contribution in [0.3, 0.4) is 0 Å². The third-order valence-corrected chi connectivity index (χ3v) is 3.54. The SMILES string of the molecule is CC(=O)N[C@H]1C(OS(=O)(=O)O)O[C@H](COS(=O)(=O)O)[C@H](O)[C@@H]1O. The molecule has 0 aromatic heterocycles. The number of aliphatic hydroxyl groups is 2. The zero-order valence-electron chi connectivity index (χ0n) is 11.5. The van der Waals surface area contributed by atoms with Crippen LogP contribution in [0.15, 0.2) is 0 Å². The van der Waals surface area contributed by atoms with E-state index in [9.17, 15) is 31.8 Å². The first kappa shape index (κ1) is 20.1. The van der Waals surface area contributed by atoms with Gasteiger partial charge in [-0.1, -0.05) is 0 Å². The van der Waals surface area contributed by atoms with Crippen molar-refractivity contribution in [1.29, 1.82) is 0 Å². The van der Waals surface area contributed by atoms with E-state index in [1.165, 1.54) is 0 Å². The van der Waals surface area contributed by atoms with Gasteiger partial charge in [0.05, 0.1) is 6.61 Å². The Kier molecular flexibility index (Phi) is 6.41. The Morgan fingerprint density at radius 3 is 2.13 bits per heavy atom. The lowest BCUT2D eigenvalue weighted by atomic mass is 9.97. The van der Waals surface area contributed by atoms with Crippen LogP contribution in [0.5, 0.6) is 0 Å². The van der Waals surface area contributed by atoms with Gasteiger partial charge in [-0.05, 0) is 0 Å². The van der Waals surface area contributed by atoms with Gasteiger partial charge in [0.15, 0.2) is 0 Å². The van der Waals surface area contributed by atoms with E-state index in [2.05, 4.69) is 8.37 Å². The van der Waals surface area contributed by atoms with Crippen LogP contribution >= 0.6 is 0 Å². The van der Waals surface area contributed by atoms with Crippen LogP contribution in [0.4, 0.5) is 0 Å². The first-order valence-corrected chi connectivity index (χ1v) is 8.59. The van der Waals surface area contributed by atoms with Crippen LogP contribution in [-0.2, 0) is 38.7 Å². The molecule has 1 unspecified atom stereocenters. The number of rotatable bonds is 6. The van der Waals surface area contributed by atoms with Crippen molar-refractivity contribution in [2.45, 2.75) is 37.6 Å². The maximum absolute atomic E-state index is 11.1. The molecule has 5 N–H and O–H groups in total. The van der Waals surface area contributed by atoms with E-state index >= 15 is 0 Å². The lowest BCUT2D eigenvalue weighted by molar-refractivity contribution is -0.243. The van der Waals surface area contributed by atoms with Gasteiger partial charge in [-0.3, -0.25) is 13.9 Å². The number of carbonyl (C=O) groups excluding carboxylic acids is 1. The van der Waals surface area contributed by atoms with Crippen molar-refractivity contribution in [2.24, 2.45) is 0 Å². The molecule has 0 aromatic carbocycles. The molecule has 0 spiro atoms. The van der Waals surface area contributed by atoms with E-state index in [4.69, 9.17) is 13.8 Å². The second kappa shape index (κ2) is 7.32. The zero-order valence-corrected chi connectivity index (χ0v) is 13.1. The molecule has 1 heterocycles. The van der Waals surface area contributed by atoms with Crippen LogP contribution in [0, 0.1) is 0 Å². The normalized spacial score (nSPS) is 32.5. The maximum atomic E-state index is 11.1. The molecular formula is C8H15NO12S2. The quantitative estimate of drug-likeness (QED) is 0.285. The molecule has 1 aliphatic rings. The van der Waals surface area contributed by atoms with Crippen molar-refractivity contribution in [1.82, 2.24) is 5.32 Å². The molecule has 1 aliphatic heterocycles. The van der Waals surface area contributed by atoms with Gasteiger partial charge in [0, 0.05) is 6.92 Å². The summed E-state index contributed by atoms with van der Waals surface area (Å²) in [5.41, 5.74) is 0. The van der Waals surface area contributed by atoms with Gasteiger partial charge in [0.25, 0.3) is 0 Å². The number of hydrogen-bond acceptors (Lipinski definition) is 10.